The van der Waals surface area contributed by atoms with Crippen molar-refractivity contribution in [2.24, 2.45) is 7.05 Å². The molecule has 0 saturated carbocycles. The summed E-state index contributed by atoms with van der Waals surface area (Å²) in [6.07, 6.45) is 1.79. The number of hydrogen-bond acceptors (Lipinski definition) is 3. The smallest absolute Gasteiger partial charge is 0.226 e. The zero-order valence-corrected chi connectivity index (χ0v) is 11.3. The molecule has 20 heavy (non-hydrogen) atoms. The fourth-order valence-electron chi connectivity index (χ4n) is 2.69. The fraction of sp³-hybridized carbons (Fsp3) is 0.188. The lowest BCUT2D eigenvalue weighted by atomic mass is 9.73. The maximum atomic E-state index is 12.5. The molecule has 4 nitrogen and oxygen atoms in total. The average Bonchev–Trinajstić information content (AvgIpc) is 2.90. The van der Waals surface area contributed by atoms with Crippen molar-refractivity contribution in [1.82, 2.24) is 4.57 Å². The van der Waals surface area contributed by atoms with E-state index in [-0.39, 0.29) is 5.78 Å². The van der Waals surface area contributed by atoms with Gasteiger partial charge in [0, 0.05) is 13.2 Å². The van der Waals surface area contributed by atoms with E-state index < -0.39 is 5.60 Å². The second-order valence-electron chi connectivity index (χ2n) is 4.82. The molecule has 3 rings (SSSR count). The van der Waals surface area contributed by atoms with Gasteiger partial charge in [-0.15, -0.1) is 0 Å². The van der Waals surface area contributed by atoms with E-state index in [2.05, 4.69) is 0 Å². The van der Waals surface area contributed by atoms with Crippen LogP contribution >= 0.6 is 0 Å². The van der Waals surface area contributed by atoms with Gasteiger partial charge in [0.2, 0.25) is 11.4 Å². The van der Waals surface area contributed by atoms with Crippen LogP contribution in [0.4, 0.5) is 0 Å². The molecule has 0 aliphatic heterocycles. The molecule has 1 aromatic carbocycles. The van der Waals surface area contributed by atoms with Gasteiger partial charge in [-0.1, -0.05) is 30.3 Å². The number of aryl methyl sites for hydroxylation is 1. The summed E-state index contributed by atoms with van der Waals surface area (Å²) in [5.74, 6) is -0.0298. The van der Waals surface area contributed by atoms with Gasteiger partial charge in [-0.05, 0) is 17.7 Å². The van der Waals surface area contributed by atoms with Crippen LogP contribution in [0.25, 0.3) is 5.57 Å². The Balaban J connectivity index is 2.16. The lowest BCUT2D eigenvalue weighted by molar-refractivity contribution is -0.137. The number of rotatable bonds is 3. The number of ether oxygens (including phenoxy) is 1. The van der Waals surface area contributed by atoms with Gasteiger partial charge in [0.1, 0.15) is 0 Å². The molecule has 1 atom stereocenters. The standard InChI is InChI=1S/C16H15NO3/c1-17-10-6-9-12(17)16(19)14(18)13(15(16)20-2)11-7-4-3-5-8-11/h3-10,19H,1-2H3. The summed E-state index contributed by atoms with van der Waals surface area (Å²) < 4.78 is 7.03. The van der Waals surface area contributed by atoms with Crippen LogP contribution in [0.15, 0.2) is 54.4 Å². The van der Waals surface area contributed by atoms with Crippen molar-refractivity contribution in [3.63, 3.8) is 0 Å². The molecule has 0 bridgehead atoms. The number of benzene rings is 1. The van der Waals surface area contributed by atoms with Crippen LogP contribution in [0, 0.1) is 0 Å². The highest BCUT2D eigenvalue weighted by Crippen LogP contribution is 2.47. The number of Topliss-reactive ketones (excluding diaryl/α,β-unsaturated/α-hetero) is 1. The van der Waals surface area contributed by atoms with Gasteiger partial charge in [0.15, 0.2) is 5.76 Å². The molecule has 1 N–H and O–H groups in total. The van der Waals surface area contributed by atoms with Gasteiger partial charge in [0.05, 0.1) is 18.4 Å². The highest BCUT2D eigenvalue weighted by molar-refractivity contribution is 6.33. The van der Waals surface area contributed by atoms with Gasteiger partial charge >= 0.3 is 0 Å². The molecule has 0 saturated heterocycles. The summed E-state index contributed by atoms with van der Waals surface area (Å²) in [4.78, 5) is 12.5. The van der Waals surface area contributed by atoms with E-state index in [1.807, 2.05) is 30.3 Å². The summed E-state index contributed by atoms with van der Waals surface area (Å²) in [6, 6.07) is 12.7. The van der Waals surface area contributed by atoms with Crippen molar-refractivity contribution in [2.45, 2.75) is 5.60 Å². The Bertz CT molecular complexity index is 700. The van der Waals surface area contributed by atoms with Crippen LogP contribution in [0.1, 0.15) is 11.3 Å². The van der Waals surface area contributed by atoms with Crippen molar-refractivity contribution in [3.05, 3.63) is 65.7 Å². The molecule has 0 spiro atoms. The first-order valence-corrected chi connectivity index (χ1v) is 6.34. The summed E-state index contributed by atoms with van der Waals surface area (Å²) in [5.41, 5.74) is 0.0297. The van der Waals surface area contributed by atoms with Crippen LogP contribution in [-0.2, 0) is 22.2 Å². The number of nitrogens with zero attached hydrogens (tertiary/aromatic N) is 1. The molecule has 0 fully saturated rings. The van der Waals surface area contributed by atoms with E-state index >= 15 is 0 Å². The summed E-state index contributed by atoms with van der Waals surface area (Å²) in [6.45, 7) is 0. The maximum absolute atomic E-state index is 12.5. The minimum Gasteiger partial charge on any atom is -0.496 e. The lowest BCUT2D eigenvalue weighted by Gasteiger charge is -2.38. The Morgan fingerprint density at radius 2 is 1.85 bits per heavy atom. The molecule has 1 heterocycles. The molecule has 102 valence electrons. The van der Waals surface area contributed by atoms with E-state index in [0.29, 0.717) is 17.0 Å². The van der Waals surface area contributed by atoms with Gasteiger partial charge in [-0.3, -0.25) is 4.79 Å². The zero-order valence-electron chi connectivity index (χ0n) is 11.3. The Morgan fingerprint density at radius 1 is 1.15 bits per heavy atom. The molecular weight excluding hydrogens is 254 g/mol. The molecule has 2 aromatic rings. The third-order valence-electron chi connectivity index (χ3n) is 3.69. The molecule has 1 aliphatic carbocycles. The van der Waals surface area contributed by atoms with Crippen LogP contribution in [0.2, 0.25) is 0 Å². The minimum atomic E-state index is -1.68. The number of methoxy groups -OCH3 is 1. The van der Waals surface area contributed by atoms with E-state index in [4.69, 9.17) is 4.74 Å². The Morgan fingerprint density at radius 3 is 2.40 bits per heavy atom. The second kappa shape index (κ2) is 4.35. The number of carbonyl (C=O) groups is 1. The third-order valence-corrected chi connectivity index (χ3v) is 3.69. The van der Waals surface area contributed by atoms with E-state index in [1.165, 1.54) is 7.11 Å². The zero-order chi connectivity index (χ0) is 14.3. The first kappa shape index (κ1) is 12.7. The Hall–Kier alpha value is -2.33. The maximum Gasteiger partial charge on any atom is 0.226 e. The molecule has 1 aromatic heterocycles. The molecule has 1 unspecified atom stereocenters. The third kappa shape index (κ3) is 1.48. The number of ketones is 1. The molecule has 1 aliphatic rings. The van der Waals surface area contributed by atoms with Crippen LogP contribution in [0.5, 0.6) is 0 Å². The SMILES string of the molecule is COC1=C(c2ccccc2)C(=O)C1(O)c1cccn1C. The summed E-state index contributed by atoms with van der Waals surface area (Å²) >= 11 is 0. The normalized spacial score (nSPS) is 21.9. The highest BCUT2D eigenvalue weighted by Gasteiger charge is 2.57. The number of hydrogen-bond donors (Lipinski definition) is 1. The molecule has 0 amide bonds. The fourth-order valence-corrected chi connectivity index (χ4v) is 2.69. The molecule has 0 radical (unpaired) electrons. The average molecular weight is 269 g/mol. The second-order valence-corrected chi connectivity index (χ2v) is 4.82. The lowest BCUT2D eigenvalue weighted by Crippen LogP contribution is -2.49. The number of aliphatic hydroxyl groups is 1. The van der Waals surface area contributed by atoms with Gasteiger partial charge in [-0.2, -0.15) is 0 Å². The van der Waals surface area contributed by atoms with Gasteiger partial charge in [0.25, 0.3) is 0 Å². The summed E-state index contributed by atoms with van der Waals surface area (Å²) in [7, 11) is 3.26. The highest BCUT2D eigenvalue weighted by atomic mass is 16.5. The van der Waals surface area contributed by atoms with Gasteiger partial charge in [-0.25, -0.2) is 0 Å². The van der Waals surface area contributed by atoms with Crippen LogP contribution in [0.3, 0.4) is 0 Å². The van der Waals surface area contributed by atoms with Crippen molar-refractivity contribution in [3.8, 4) is 0 Å². The summed E-state index contributed by atoms with van der Waals surface area (Å²) in [5, 5.41) is 10.8. The van der Waals surface area contributed by atoms with Crippen molar-refractivity contribution >= 4 is 11.4 Å². The van der Waals surface area contributed by atoms with Gasteiger partial charge < -0.3 is 14.4 Å². The number of carbonyl (C=O) groups excluding carboxylic acids is 1. The van der Waals surface area contributed by atoms with Crippen LogP contribution < -0.4 is 0 Å². The first-order valence-electron chi connectivity index (χ1n) is 6.34. The predicted octanol–water partition coefficient (Wildman–Crippen LogP) is 1.85. The largest absolute Gasteiger partial charge is 0.496 e. The van der Waals surface area contributed by atoms with E-state index in [0.717, 1.165) is 5.56 Å². The Kier molecular flexibility index (Phi) is 2.76. The quantitative estimate of drug-likeness (QED) is 0.925. The van der Waals surface area contributed by atoms with Crippen LogP contribution in [-0.4, -0.2) is 22.6 Å². The van der Waals surface area contributed by atoms with Crippen molar-refractivity contribution in [2.75, 3.05) is 7.11 Å². The van der Waals surface area contributed by atoms with E-state index in [9.17, 15) is 9.90 Å². The Labute approximate surface area is 116 Å². The van der Waals surface area contributed by atoms with Crippen molar-refractivity contribution < 1.29 is 14.6 Å². The molecule has 4 heteroatoms. The minimum absolute atomic E-state index is 0.301. The predicted molar refractivity (Wildman–Crippen MR) is 74.7 cm³/mol. The topological polar surface area (TPSA) is 51.5 Å². The van der Waals surface area contributed by atoms with E-state index in [1.54, 1.807) is 29.9 Å². The number of aromatic nitrogens is 1. The molecular formula is C16H15NO3. The van der Waals surface area contributed by atoms with Crippen molar-refractivity contribution in [1.29, 1.82) is 0 Å². The monoisotopic (exact) mass is 269 g/mol. The first-order chi connectivity index (χ1) is 9.60.